The third kappa shape index (κ3) is 32.6. The Labute approximate surface area is 694 Å². The molecule has 14 aromatic rings. The zero-order valence-electron chi connectivity index (χ0n) is 60.4. The topological polar surface area (TPSA) is 52.4 Å². The number of nitro benzene ring substituents is 1. The number of halogens is 6. The maximum atomic E-state index is 10.1. The van der Waals surface area contributed by atoms with Gasteiger partial charge in [0.05, 0.1) is 12.0 Å². The van der Waals surface area contributed by atoms with Crippen molar-refractivity contribution in [2.24, 2.45) is 0 Å². The second kappa shape index (κ2) is 47.3. The van der Waals surface area contributed by atoms with Gasteiger partial charge in [0.2, 0.25) is 0 Å². The molecule has 0 heterocycles. The number of ether oxygens (including phenoxy) is 1. The molecule has 14 aromatic carbocycles. The van der Waals surface area contributed by atoms with Crippen LogP contribution in [0.1, 0.15) is 11.1 Å². The van der Waals surface area contributed by atoms with Crippen molar-refractivity contribution in [2.45, 2.75) is 0 Å². The SMILES string of the molecule is F[P-](F)(F)(F)(F)F.[C-]#Cc1ccc(OC)cc1.[C-]#Cc1ccc([N+](=O)[O-])cc1.[Cu+].[Cu+].[Cu+].c1ccc(P(CP(c2ccccc2)c2ccccc2)c2ccccc2)cc1.c1ccc(P(CP(c2ccccc2)c2ccccc2)c2ccccc2)cc1.c1ccc(P(CP(c2ccccc2)c2ccccc2)c2ccccc2)cc1. The fourth-order valence-electron chi connectivity index (χ4n) is 10.9. The Balaban J connectivity index is 0.000000221. The van der Waals surface area contributed by atoms with Gasteiger partial charge in [-0.15, -0.1) is 35.4 Å². The van der Waals surface area contributed by atoms with E-state index in [0.717, 1.165) is 11.3 Å². The standard InChI is InChI=1S/3C25H22P2.C9H7O.C8H4NO2.3Cu.F6P/c3*1-5-13-22(14-6-1)26(23-15-7-2-8-16-23)21-27(24-17-9-3-10-18-24)25-19-11-4-12-20-25;1-3-8-4-6-9(10-2)7-5-8;1-2-7-3-5-8(6-4-7)9(10)11;;;;1-7(2,3,4,5)6/h3*1-20H,21H2;4-7H,2H3;3-6H;;;;/q;;;2*-1;3*+1;-1. The van der Waals surface area contributed by atoms with Gasteiger partial charge < -0.3 is 17.6 Å². The van der Waals surface area contributed by atoms with Crippen molar-refractivity contribution in [1.82, 2.24) is 0 Å². The monoisotopic (exact) mass is 1760 g/mol. The van der Waals surface area contributed by atoms with Gasteiger partial charge in [-0.1, -0.05) is 364 Å². The molecule has 0 aliphatic carbocycles. The maximum Gasteiger partial charge on any atom is 1.00 e. The Kier molecular flexibility index (Phi) is 39.0. The summed E-state index contributed by atoms with van der Waals surface area (Å²) < 4.78 is 64.1. The van der Waals surface area contributed by atoms with Gasteiger partial charge in [-0.3, -0.25) is 22.0 Å². The predicted molar refractivity (Wildman–Crippen MR) is 461 cm³/mol. The van der Waals surface area contributed by atoms with E-state index in [9.17, 15) is 35.3 Å². The van der Waals surface area contributed by atoms with E-state index in [-0.39, 0.29) is 56.9 Å². The minimum atomic E-state index is -10.7. The van der Waals surface area contributed by atoms with E-state index in [0.29, 0.717) is 5.56 Å². The summed E-state index contributed by atoms with van der Waals surface area (Å²) in [5.41, 5.74) is 1.33. The van der Waals surface area contributed by atoms with Crippen molar-refractivity contribution in [1.29, 1.82) is 0 Å². The van der Waals surface area contributed by atoms with Crippen molar-refractivity contribution in [3.63, 3.8) is 0 Å². The number of benzene rings is 14. The van der Waals surface area contributed by atoms with E-state index in [1.165, 1.54) is 106 Å². The van der Waals surface area contributed by atoms with E-state index in [2.05, 4.69) is 376 Å². The number of hydrogen-bond donors (Lipinski definition) is 0. The molecule has 20 heteroatoms. The minimum absolute atomic E-state index is 0. The first-order chi connectivity index (χ1) is 52.8. The van der Waals surface area contributed by atoms with Crippen LogP contribution in [0.3, 0.4) is 0 Å². The van der Waals surface area contributed by atoms with E-state index >= 15 is 0 Å². The first-order valence-electron chi connectivity index (χ1n) is 34.4. The van der Waals surface area contributed by atoms with Gasteiger partial charge in [0, 0.05) is 17.7 Å². The molecule has 0 amide bonds. The molecule has 14 rings (SSSR count). The van der Waals surface area contributed by atoms with Crippen LogP contribution in [0.2, 0.25) is 0 Å². The quantitative estimate of drug-likeness (QED) is 0.0145. The van der Waals surface area contributed by atoms with Gasteiger partial charge in [-0.05, 0) is 135 Å². The van der Waals surface area contributed by atoms with Crippen LogP contribution in [0, 0.1) is 34.8 Å². The molecule has 0 bridgehead atoms. The van der Waals surface area contributed by atoms with Crippen LogP contribution in [-0.4, -0.2) is 29.7 Å². The molecule has 4 nitrogen and oxygen atoms in total. The number of nitrogens with zero attached hydrogens (tertiary/aromatic N) is 1. The zero-order chi connectivity index (χ0) is 77.0. The van der Waals surface area contributed by atoms with Crippen molar-refractivity contribution in [3.05, 3.63) is 447 Å². The minimum Gasteiger partial charge on any atom is -0.497 e. The summed E-state index contributed by atoms with van der Waals surface area (Å²) in [6.45, 7) is 0. The average molecular weight is 1770 g/mol. The Morgan fingerprint density at radius 1 is 0.277 bits per heavy atom. The molecule has 0 aromatic heterocycles. The van der Waals surface area contributed by atoms with Gasteiger partial charge in [0.15, 0.2) is 0 Å². The zero-order valence-corrected chi connectivity index (χ0v) is 69.4. The fourth-order valence-corrected chi connectivity index (χ4v) is 30.3. The van der Waals surface area contributed by atoms with Crippen LogP contribution in [0.5, 0.6) is 5.75 Å². The molecule has 0 radical (unpaired) electrons. The van der Waals surface area contributed by atoms with Crippen molar-refractivity contribution in [2.75, 3.05) is 24.8 Å². The summed E-state index contributed by atoms with van der Waals surface area (Å²) in [6.07, 6.45) is 13.5. The van der Waals surface area contributed by atoms with Crippen molar-refractivity contribution >= 4 is 125 Å². The molecule has 0 saturated carbocycles. The summed E-state index contributed by atoms with van der Waals surface area (Å²) >= 11 is 0. The summed E-state index contributed by atoms with van der Waals surface area (Å²) in [4.78, 5) is 9.66. The molecular weight excluding hydrogens is 1690 g/mol. The van der Waals surface area contributed by atoms with Crippen molar-refractivity contribution < 1.29 is 86.0 Å². The van der Waals surface area contributed by atoms with Gasteiger partial charge in [-0.25, -0.2) is 0 Å². The van der Waals surface area contributed by atoms with E-state index < -0.39 is 60.3 Å². The molecular formula is C92H77Cu3F6NO3P7. The van der Waals surface area contributed by atoms with Crippen LogP contribution in [0.25, 0.3) is 0 Å². The average Bonchev–Trinajstić information content (AvgIpc) is 0.789. The first-order valence-corrected chi connectivity index (χ1v) is 45.6. The number of non-ortho nitro benzene ring substituents is 1. The second-order valence-electron chi connectivity index (χ2n) is 23.8. The summed E-state index contributed by atoms with van der Waals surface area (Å²) in [6, 6.07) is 145. The second-order valence-corrected chi connectivity index (χ2v) is 40.4. The Morgan fingerprint density at radius 2 is 0.411 bits per heavy atom. The summed E-state index contributed by atoms with van der Waals surface area (Å²) in [7, 11) is -11.5. The van der Waals surface area contributed by atoms with Crippen LogP contribution in [0.15, 0.2) is 413 Å². The van der Waals surface area contributed by atoms with Crippen molar-refractivity contribution in [3.8, 4) is 17.6 Å². The Hall–Kier alpha value is -8.45. The first kappa shape index (κ1) is 92.4. The number of methoxy groups -OCH3 is 1. The molecule has 0 saturated heterocycles. The smallest absolute Gasteiger partial charge is 0.497 e. The van der Waals surface area contributed by atoms with Crippen LogP contribution in [-0.2, 0) is 51.2 Å². The summed E-state index contributed by atoms with van der Waals surface area (Å²) in [5, 5.41) is 27.6. The molecule has 0 aliphatic heterocycles. The Bertz CT molecular complexity index is 4150. The third-order valence-electron chi connectivity index (χ3n) is 16.1. The van der Waals surface area contributed by atoms with Gasteiger partial charge >= 0.3 is 84.2 Å². The maximum absolute atomic E-state index is 10.7. The normalized spacial score (nSPS) is 11.0. The third-order valence-corrected chi connectivity index (χ3v) is 34.0. The van der Waals surface area contributed by atoms with Crippen LogP contribution in [0.4, 0.5) is 30.9 Å². The number of hydrogen-bond acceptors (Lipinski definition) is 3. The molecule has 0 aliphatic rings. The van der Waals surface area contributed by atoms with Gasteiger partial charge in [-0.2, -0.15) is 0 Å². The van der Waals surface area contributed by atoms with Crippen LogP contribution >= 0.6 is 55.3 Å². The van der Waals surface area contributed by atoms with E-state index in [4.69, 9.17) is 17.6 Å². The van der Waals surface area contributed by atoms with E-state index in [1.807, 2.05) is 0 Å². The molecule has 0 spiro atoms. The molecule has 0 atom stereocenters. The number of rotatable bonds is 20. The van der Waals surface area contributed by atoms with Gasteiger partial charge in [0.25, 0.3) is 5.69 Å². The summed E-state index contributed by atoms with van der Waals surface area (Å²) in [5.74, 6) is 8.72. The van der Waals surface area contributed by atoms with Gasteiger partial charge in [0.1, 0.15) is 5.75 Å². The molecule has 578 valence electrons. The fraction of sp³-hybridized carbons (Fsp3) is 0.0435. The van der Waals surface area contributed by atoms with Crippen LogP contribution < -0.4 is 68.4 Å². The molecule has 112 heavy (non-hydrogen) atoms. The molecule has 0 unspecified atom stereocenters. The molecule has 0 fully saturated rings. The van der Waals surface area contributed by atoms with E-state index in [1.54, 1.807) is 31.4 Å². The Morgan fingerprint density at radius 3 is 0.527 bits per heavy atom. The molecule has 0 N–H and O–H groups in total. The predicted octanol–water partition coefficient (Wildman–Crippen LogP) is 22.2. The number of nitro groups is 1. The largest absolute Gasteiger partial charge is 1.00 e.